The molecule has 1 amide bonds. The van der Waals surface area contributed by atoms with E-state index in [-0.39, 0.29) is 11.8 Å². The number of aryl methyl sites for hydroxylation is 1. The largest absolute Gasteiger partial charge is 0.492 e. The molecule has 0 aromatic heterocycles. The number of carbonyl (C=O) groups excluding carboxylic acids is 1. The van der Waals surface area contributed by atoms with E-state index in [0.717, 1.165) is 5.75 Å². The highest BCUT2D eigenvalue weighted by Gasteiger charge is 2.30. The van der Waals surface area contributed by atoms with Gasteiger partial charge in [0, 0.05) is 26.1 Å². The van der Waals surface area contributed by atoms with Crippen molar-refractivity contribution < 1.29 is 17.9 Å². The monoisotopic (exact) mass is 354 g/mol. The molecule has 6 nitrogen and oxygen atoms in total. The Morgan fingerprint density at radius 2 is 1.83 bits per heavy atom. The molecule has 0 unspecified atom stereocenters. The molecule has 1 heterocycles. The number of benzene rings is 1. The fourth-order valence-corrected chi connectivity index (χ4v) is 3.67. The Labute approximate surface area is 144 Å². The van der Waals surface area contributed by atoms with Gasteiger partial charge in [0.25, 0.3) is 0 Å². The minimum absolute atomic E-state index is 0.0654. The molecule has 0 spiro atoms. The molecular formula is C17H26N2O4S. The molecule has 0 N–H and O–H groups in total. The number of rotatable bonds is 6. The van der Waals surface area contributed by atoms with Crippen molar-refractivity contribution >= 4 is 15.9 Å². The van der Waals surface area contributed by atoms with E-state index in [1.807, 2.05) is 31.2 Å². The zero-order valence-corrected chi connectivity index (χ0v) is 15.4. The first-order valence-electron chi connectivity index (χ1n) is 8.17. The maximum absolute atomic E-state index is 12.4. The normalized spacial score (nSPS) is 16.8. The SMILES string of the molecule is Cc1ccc(OCCN(C)C(=O)C2CCN(S(C)(=O)=O)CC2)cc1. The van der Waals surface area contributed by atoms with Crippen molar-refractivity contribution in [3.8, 4) is 5.75 Å². The van der Waals surface area contributed by atoms with E-state index in [1.165, 1.54) is 16.1 Å². The second-order valence-corrected chi connectivity index (χ2v) is 8.34. The number of nitrogens with zero attached hydrogens (tertiary/aromatic N) is 2. The first kappa shape index (κ1) is 18.7. The molecule has 0 radical (unpaired) electrons. The summed E-state index contributed by atoms with van der Waals surface area (Å²) in [6.45, 7) is 3.81. The van der Waals surface area contributed by atoms with Crippen LogP contribution in [0.4, 0.5) is 0 Å². The lowest BCUT2D eigenvalue weighted by Gasteiger charge is -2.31. The van der Waals surface area contributed by atoms with E-state index >= 15 is 0 Å². The van der Waals surface area contributed by atoms with Crippen molar-refractivity contribution in [2.45, 2.75) is 19.8 Å². The molecule has 7 heteroatoms. The van der Waals surface area contributed by atoms with Gasteiger partial charge in [0.2, 0.25) is 15.9 Å². The Morgan fingerprint density at radius 1 is 1.25 bits per heavy atom. The van der Waals surface area contributed by atoms with Gasteiger partial charge in [-0.15, -0.1) is 0 Å². The number of hydrogen-bond donors (Lipinski definition) is 0. The third-order valence-corrected chi connectivity index (χ3v) is 5.67. The van der Waals surface area contributed by atoms with E-state index in [1.54, 1.807) is 11.9 Å². The van der Waals surface area contributed by atoms with Crippen LogP contribution in [0.5, 0.6) is 5.75 Å². The fraction of sp³-hybridized carbons (Fsp3) is 0.588. The number of hydrogen-bond acceptors (Lipinski definition) is 4. The predicted octanol–water partition coefficient (Wildman–Crippen LogP) is 1.50. The van der Waals surface area contributed by atoms with Crippen LogP contribution in [0, 0.1) is 12.8 Å². The third-order valence-electron chi connectivity index (χ3n) is 4.36. The van der Waals surface area contributed by atoms with Gasteiger partial charge in [0.1, 0.15) is 12.4 Å². The quantitative estimate of drug-likeness (QED) is 0.776. The third kappa shape index (κ3) is 5.21. The maximum atomic E-state index is 12.4. The van der Waals surface area contributed by atoms with Crippen molar-refractivity contribution in [1.29, 1.82) is 0 Å². The van der Waals surface area contributed by atoms with E-state index in [2.05, 4.69) is 0 Å². The summed E-state index contributed by atoms with van der Waals surface area (Å²) >= 11 is 0. The Kier molecular flexibility index (Phi) is 6.23. The molecule has 0 bridgehead atoms. The second-order valence-electron chi connectivity index (χ2n) is 6.36. The molecular weight excluding hydrogens is 328 g/mol. The van der Waals surface area contributed by atoms with Gasteiger partial charge in [-0.2, -0.15) is 0 Å². The second kappa shape index (κ2) is 7.98. The summed E-state index contributed by atoms with van der Waals surface area (Å²) in [5, 5.41) is 0. The van der Waals surface area contributed by atoms with Gasteiger partial charge in [0.05, 0.1) is 12.8 Å². The van der Waals surface area contributed by atoms with Crippen molar-refractivity contribution in [2.24, 2.45) is 5.92 Å². The van der Waals surface area contributed by atoms with E-state index in [0.29, 0.717) is 39.1 Å². The van der Waals surface area contributed by atoms with Crippen LogP contribution in [0.3, 0.4) is 0 Å². The van der Waals surface area contributed by atoms with Gasteiger partial charge in [-0.1, -0.05) is 17.7 Å². The number of carbonyl (C=O) groups is 1. The van der Waals surface area contributed by atoms with Crippen LogP contribution in [-0.4, -0.2) is 63.1 Å². The van der Waals surface area contributed by atoms with Crippen LogP contribution in [0.25, 0.3) is 0 Å². The lowest BCUT2D eigenvalue weighted by atomic mass is 9.97. The number of amides is 1. The van der Waals surface area contributed by atoms with Crippen LogP contribution in [0.1, 0.15) is 18.4 Å². The molecule has 1 saturated heterocycles. The summed E-state index contributed by atoms with van der Waals surface area (Å²) in [7, 11) is -1.39. The molecule has 0 saturated carbocycles. The lowest BCUT2D eigenvalue weighted by molar-refractivity contribution is -0.135. The van der Waals surface area contributed by atoms with Gasteiger partial charge in [0.15, 0.2) is 0 Å². The molecule has 1 aliphatic rings. The Hall–Kier alpha value is -1.60. The lowest BCUT2D eigenvalue weighted by Crippen LogP contribution is -2.43. The highest BCUT2D eigenvalue weighted by atomic mass is 32.2. The van der Waals surface area contributed by atoms with Crippen molar-refractivity contribution in [1.82, 2.24) is 9.21 Å². The van der Waals surface area contributed by atoms with Crippen molar-refractivity contribution in [2.75, 3.05) is 39.5 Å². The first-order chi connectivity index (χ1) is 11.3. The van der Waals surface area contributed by atoms with Gasteiger partial charge in [-0.05, 0) is 31.9 Å². The van der Waals surface area contributed by atoms with Crippen molar-refractivity contribution in [3.63, 3.8) is 0 Å². The summed E-state index contributed by atoms with van der Waals surface area (Å²) in [6.07, 6.45) is 2.37. The molecule has 1 aliphatic heterocycles. The van der Waals surface area contributed by atoms with Gasteiger partial charge < -0.3 is 9.64 Å². The van der Waals surface area contributed by atoms with Crippen molar-refractivity contribution in [3.05, 3.63) is 29.8 Å². The van der Waals surface area contributed by atoms with E-state index in [9.17, 15) is 13.2 Å². The van der Waals surface area contributed by atoms with Crippen LogP contribution in [0.2, 0.25) is 0 Å². The molecule has 134 valence electrons. The van der Waals surface area contributed by atoms with Crippen LogP contribution >= 0.6 is 0 Å². The molecule has 0 aliphatic carbocycles. The topological polar surface area (TPSA) is 66.9 Å². The molecule has 24 heavy (non-hydrogen) atoms. The number of ether oxygens (including phenoxy) is 1. The fourth-order valence-electron chi connectivity index (χ4n) is 2.79. The molecule has 2 rings (SSSR count). The Balaban J connectivity index is 1.75. The zero-order valence-electron chi connectivity index (χ0n) is 14.6. The number of sulfonamides is 1. The van der Waals surface area contributed by atoms with Gasteiger partial charge in [-0.25, -0.2) is 12.7 Å². The van der Waals surface area contributed by atoms with E-state index < -0.39 is 10.0 Å². The number of likely N-dealkylation sites (N-methyl/N-ethyl adjacent to an activating group) is 1. The molecule has 1 fully saturated rings. The van der Waals surface area contributed by atoms with E-state index in [4.69, 9.17) is 4.74 Å². The first-order valence-corrected chi connectivity index (χ1v) is 10.0. The highest BCUT2D eigenvalue weighted by Crippen LogP contribution is 2.21. The molecule has 1 aromatic carbocycles. The number of piperidine rings is 1. The average Bonchev–Trinajstić information content (AvgIpc) is 2.55. The summed E-state index contributed by atoms with van der Waals surface area (Å²) in [4.78, 5) is 14.1. The van der Waals surface area contributed by atoms with Gasteiger partial charge >= 0.3 is 0 Å². The smallest absolute Gasteiger partial charge is 0.225 e. The average molecular weight is 354 g/mol. The van der Waals surface area contributed by atoms with Crippen LogP contribution in [-0.2, 0) is 14.8 Å². The predicted molar refractivity (Wildman–Crippen MR) is 93.5 cm³/mol. The molecule has 1 aromatic rings. The summed E-state index contributed by atoms with van der Waals surface area (Å²) in [6, 6.07) is 7.80. The zero-order chi connectivity index (χ0) is 17.7. The maximum Gasteiger partial charge on any atom is 0.225 e. The highest BCUT2D eigenvalue weighted by molar-refractivity contribution is 7.88. The standard InChI is InChI=1S/C17H26N2O4S/c1-14-4-6-16(7-5-14)23-13-12-18(2)17(20)15-8-10-19(11-9-15)24(3,21)22/h4-7,15H,8-13H2,1-3H3. The van der Waals surface area contributed by atoms with Crippen LogP contribution in [0.15, 0.2) is 24.3 Å². The van der Waals surface area contributed by atoms with Crippen LogP contribution < -0.4 is 4.74 Å². The minimum Gasteiger partial charge on any atom is -0.492 e. The minimum atomic E-state index is -3.15. The summed E-state index contributed by atoms with van der Waals surface area (Å²) < 4.78 is 30.1. The Morgan fingerprint density at radius 3 is 2.38 bits per heavy atom. The van der Waals surface area contributed by atoms with Gasteiger partial charge in [-0.3, -0.25) is 4.79 Å². The molecule has 0 atom stereocenters. The Bertz CT molecular complexity index is 650. The summed E-state index contributed by atoms with van der Waals surface area (Å²) in [5.41, 5.74) is 1.18. The summed E-state index contributed by atoms with van der Waals surface area (Å²) in [5.74, 6) is 0.756.